The zero-order valence-electron chi connectivity index (χ0n) is 25.9. The second-order valence-electron chi connectivity index (χ2n) is 11.8. The molecular formula is C42H30LaO5. The zero-order valence-corrected chi connectivity index (χ0v) is 29.5. The van der Waals surface area contributed by atoms with Crippen LogP contribution in [0.3, 0.4) is 0 Å². The van der Waals surface area contributed by atoms with Crippen LogP contribution in [0.1, 0.15) is 11.1 Å². The molecule has 0 unspecified atom stereocenters. The Labute approximate surface area is 304 Å². The van der Waals surface area contributed by atoms with Gasteiger partial charge in [0.25, 0.3) is 0 Å². The third kappa shape index (κ3) is 5.37. The van der Waals surface area contributed by atoms with E-state index in [-0.39, 0.29) is 71.8 Å². The Morgan fingerprint density at radius 2 is 0.708 bits per heavy atom. The van der Waals surface area contributed by atoms with Gasteiger partial charge in [-0.05, 0) is 67.4 Å². The fourth-order valence-corrected chi connectivity index (χ4v) is 6.83. The number of ether oxygens (including phenoxy) is 1. The van der Waals surface area contributed by atoms with Gasteiger partial charge in [-0.25, -0.2) is 0 Å². The topological polar surface area (TPSA) is 90.2 Å². The Bertz CT molecular complexity index is 2330. The molecule has 8 aromatic carbocycles. The first-order valence-corrected chi connectivity index (χ1v) is 15.5. The van der Waals surface area contributed by atoms with Crippen molar-refractivity contribution in [3.05, 3.63) is 145 Å². The maximum Gasteiger partial charge on any atom is 0.129 e. The largest absolute Gasteiger partial charge is 0.507 e. The molecule has 1 radical (unpaired) electrons. The van der Waals surface area contributed by atoms with Crippen LogP contribution in [0.5, 0.6) is 23.0 Å². The van der Waals surface area contributed by atoms with Gasteiger partial charge in [0, 0.05) is 69.0 Å². The summed E-state index contributed by atoms with van der Waals surface area (Å²) in [6.07, 6.45) is 0. The molecular weight excluding hydrogens is 723 g/mol. The Kier molecular flexibility index (Phi) is 8.59. The monoisotopic (exact) mass is 753 g/mol. The van der Waals surface area contributed by atoms with Crippen LogP contribution < -0.4 is 0 Å². The molecule has 5 nitrogen and oxygen atoms in total. The maximum atomic E-state index is 11.8. The molecule has 0 aliphatic carbocycles. The third-order valence-corrected chi connectivity index (χ3v) is 9.03. The van der Waals surface area contributed by atoms with Crippen LogP contribution in [-0.2, 0) is 18.0 Å². The Balaban J connectivity index is 0.00000364. The van der Waals surface area contributed by atoms with Gasteiger partial charge in [0.1, 0.15) is 23.0 Å². The molecule has 0 spiro atoms. The number of hydrogen-bond donors (Lipinski definition) is 4. The molecule has 0 fully saturated rings. The van der Waals surface area contributed by atoms with Crippen molar-refractivity contribution in [1.29, 1.82) is 0 Å². The third-order valence-electron chi connectivity index (χ3n) is 9.03. The van der Waals surface area contributed by atoms with Gasteiger partial charge < -0.3 is 25.2 Å². The minimum atomic E-state index is 0. The SMILES string of the molecule is Oc1ccc2ccccc2c1-c1c(O)c(COCc2cc3ccccc3c(-c3c(O)ccc4ccccc34)c2O)cc2ccccc12.[La]. The van der Waals surface area contributed by atoms with E-state index in [0.29, 0.717) is 33.4 Å². The molecule has 0 saturated heterocycles. The van der Waals surface area contributed by atoms with Gasteiger partial charge in [0.15, 0.2) is 0 Å². The van der Waals surface area contributed by atoms with Gasteiger partial charge in [0.2, 0.25) is 0 Å². The van der Waals surface area contributed by atoms with Crippen molar-refractivity contribution in [1.82, 2.24) is 0 Å². The van der Waals surface area contributed by atoms with E-state index in [0.717, 1.165) is 43.1 Å². The zero-order chi connectivity index (χ0) is 32.1. The van der Waals surface area contributed by atoms with Gasteiger partial charge in [-0.3, -0.25) is 0 Å². The first-order chi connectivity index (χ1) is 23.0. The van der Waals surface area contributed by atoms with Gasteiger partial charge in [0.05, 0.1) is 13.2 Å². The molecule has 8 aromatic rings. The van der Waals surface area contributed by atoms with E-state index in [1.54, 1.807) is 12.1 Å². The number of aromatic hydroxyl groups is 4. The van der Waals surface area contributed by atoms with E-state index in [1.807, 2.05) is 121 Å². The predicted molar refractivity (Wildman–Crippen MR) is 189 cm³/mol. The molecule has 8 rings (SSSR count). The molecule has 0 aliphatic heterocycles. The molecule has 0 saturated carbocycles. The van der Waals surface area contributed by atoms with Gasteiger partial charge in [-0.1, -0.05) is 109 Å². The van der Waals surface area contributed by atoms with Crippen LogP contribution in [-0.4, -0.2) is 20.4 Å². The number of phenolic OH excluding ortho intramolecular Hbond substituents is 4. The van der Waals surface area contributed by atoms with Crippen molar-refractivity contribution in [2.24, 2.45) is 0 Å². The summed E-state index contributed by atoms with van der Waals surface area (Å²) in [5.41, 5.74) is 3.31. The molecule has 6 heteroatoms. The summed E-state index contributed by atoms with van der Waals surface area (Å²) in [5.74, 6) is 0.207. The molecule has 0 amide bonds. The number of rotatable bonds is 6. The average molecular weight is 754 g/mol. The van der Waals surface area contributed by atoms with Crippen molar-refractivity contribution in [3.8, 4) is 45.3 Å². The summed E-state index contributed by atoms with van der Waals surface area (Å²) in [6.45, 7) is 0.104. The van der Waals surface area contributed by atoms with E-state index in [1.165, 1.54) is 0 Å². The maximum absolute atomic E-state index is 11.8. The van der Waals surface area contributed by atoms with Gasteiger partial charge in [-0.15, -0.1) is 0 Å². The van der Waals surface area contributed by atoms with E-state index in [4.69, 9.17) is 4.74 Å². The van der Waals surface area contributed by atoms with Crippen molar-refractivity contribution in [2.75, 3.05) is 0 Å². The Morgan fingerprint density at radius 3 is 1.10 bits per heavy atom. The molecule has 48 heavy (non-hydrogen) atoms. The quantitative estimate of drug-likeness (QED) is 0.136. The Hall–Kier alpha value is -4.85. The summed E-state index contributed by atoms with van der Waals surface area (Å²) < 4.78 is 6.24. The smallest absolute Gasteiger partial charge is 0.129 e. The molecule has 0 heterocycles. The summed E-state index contributed by atoms with van der Waals surface area (Å²) in [6, 6.07) is 41.9. The van der Waals surface area contributed by atoms with Crippen molar-refractivity contribution in [2.45, 2.75) is 13.2 Å². The van der Waals surface area contributed by atoms with E-state index in [9.17, 15) is 20.4 Å². The van der Waals surface area contributed by atoms with Crippen molar-refractivity contribution < 1.29 is 60.8 Å². The second kappa shape index (κ2) is 13.0. The van der Waals surface area contributed by atoms with Crippen molar-refractivity contribution >= 4 is 43.1 Å². The second-order valence-corrected chi connectivity index (χ2v) is 11.8. The first kappa shape index (κ1) is 31.7. The first-order valence-electron chi connectivity index (χ1n) is 15.5. The van der Waals surface area contributed by atoms with E-state index < -0.39 is 0 Å². The number of fused-ring (bicyclic) bond motifs is 4. The summed E-state index contributed by atoms with van der Waals surface area (Å²) in [7, 11) is 0. The van der Waals surface area contributed by atoms with Crippen LogP contribution in [0, 0.1) is 35.6 Å². The van der Waals surface area contributed by atoms with Gasteiger partial charge >= 0.3 is 0 Å². The van der Waals surface area contributed by atoms with Crippen LogP contribution in [0.4, 0.5) is 0 Å². The molecule has 0 aliphatic rings. The summed E-state index contributed by atoms with van der Waals surface area (Å²) >= 11 is 0. The molecule has 231 valence electrons. The fourth-order valence-electron chi connectivity index (χ4n) is 6.83. The minimum absolute atomic E-state index is 0. The minimum Gasteiger partial charge on any atom is -0.507 e. The van der Waals surface area contributed by atoms with Crippen LogP contribution >= 0.6 is 0 Å². The fraction of sp³-hybridized carbons (Fsp3) is 0.0476. The molecule has 0 atom stereocenters. The molecule has 0 bridgehead atoms. The summed E-state index contributed by atoms with van der Waals surface area (Å²) in [4.78, 5) is 0. The Morgan fingerprint density at radius 1 is 0.375 bits per heavy atom. The number of hydrogen-bond acceptors (Lipinski definition) is 5. The summed E-state index contributed by atoms with van der Waals surface area (Å²) in [5, 5.41) is 52.7. The van der Waals surface area contributed by atoms with Crippen molar-refractivity contribution in [3.63, 3.8) is 0 Å². The standard InChI is InChI=1S/C42H30O5.La/c43-35-19-17-25-9-1-5-13-31(25)37(35)39-33-15-7-3-11-27(33)21-29(41(39)45)23-47-24-30-22-28-12-4-8-16-34(28)40(42(30)46)38-32-14-6-2-10-26(32)18-20-36(38)44;/h1-22,43-46H,23-24H2;. The van der Waals surface area contributed by atoms with Crippen LogP contribution in [0.25, 0.3) is 65.3 Å². The number of phenols is 4. The van der Waals surface area contributed by atoms with E-state index >= 15 is 0 Å². The molecule has 0 aromatic heterocycles. The average Bonchev–Trinajstić information content (AvgIpc) is 3.10. The van der Waals surface area contributed by atoms with Gasteiger partial charge in [-0.2, -0.15) is 0 Å². The predicted octanol–water partition coefficient (Wildman–Crippen LogP) is 10.2. The normalized spacial score (nSPS) is 11.3. The number of benzene rings is 8. The van der Waals surface area contributed by atoms with Crippen LogP contribution in [0.15, 0.2) is 133 Å². The molecule has 4 N–H and O–H groups in total. The van der Waals surface area contributed by atoms with Crippen LogP contribution in [0.2, 0.25) is 0 Å². The van der Waals surface area contributed by atoms with E-state index in [2.05, 4.69) is 0 Å².